The Morgan fingerprint density at radius 2 is 1.31 bits per heavy atom. The molecule has 0 atom stereocenters. The van der Waals surface area contributed by atoms with E-state index in [0.29, 0.717) is 0 Å². The van der Waals surface area contributed by atoms with E-state index in [0.717, 1.165) is 28.9 Å². The van der Waals surface area contributed by atoms with Gasteiger partial charge in [0.1, 0.15) is 8.07 Å². The first-order valence-corrected chi connectivity index (χ1v) is 13.6. The molecule has 1 aliphatic heterocycles. The third-order valence-corrected chi connectivity index (χ3v) is 8.81. The first kappa shape index (κ1) is 24.0. The van der Waals surface area contributed by atoms with Crippen LogP contribution in [0.4, 0.5) is 28.4 Å². The van der Waals surface area contributed by atoms with E-state index in [1.54, 1.807) is 0 Å². The molecule has 163 valence electrons. The summed E-state index contributed by atoms with van der Waals surface area (Å²) in [6.07, 6.45) is 1.09. The quantitative estimate of drug-likeness (QED) is 0.210. The van der Waals surface area contributed by atoms with Gasteiger partial charge < -0.3 is 17.2 Å². The minimum atomic E-state index is -1.49. The van der Waals surface area contributed by atoms with Gasteiger partial charge in [0.05, 0.1) is 0 Å². The number of para-hydroxylation sites is 3. The van der Waals surface area contributed by atoms with Crippen LogP contribution in [0.5, 0.6) is 0 Å². The van der Waals surface area contributed by atoms with Crippen LogP contribution in [0.15, 0.2) is 103 Å². The number of benzene rings is 4. The molecular formula is C28H28N2RhSi. The first-order chi connectivity index (χ1) is 14.6. The molecule has 0 aromatic heterocycles. The molecule has 0 amide bonds. The molecule has 0 N–H and O–H groups in total. The number of nitrogens with zero attached hydrogens (tertiary/aromatic N) is 2. The molecule has 4 aromatic rings. The number of anilines is 5. The molecule has 0 aliphatic carbocycles. The van der Waals surface area contributed by atoms with Crippen LogP contribution in [0, 0.1) is 13.5 Å². The van der Waals surface area contributed by atoms with Gasteiger partial charge in [-0.1, -0.05) is 79.1 Å². The van der Waals surface area contributed by atoms with Crippen LogP contribution < -0.4 is 15.0 Å². The summed E-state index contributed by atoms with van der Waals surface area (Å²) in [6.45, 7) is 4.91. The standard InChI is InChI=1S/C27H25N2Si.CH3.Rh/c1-30(2)21-28(26-18-9-10-19-27(26)30)24-16-11-17-25(20-24)29(22-12-5-3-6-13-22)23-14-7-4-8-15-23;;/h3-15,17-20H,21H2,1-2H3;1H3;/q2*-1;+2. The Morgan fingerprint density at radius 1 is 0.750 bits per heavy atom. The van der Waals surface area contributed by atoms with Crippen molar-refractivity contribution in [3.63, 3.8) is 0 Å². The fraction of sp³-hybridized carbons (Fsp3) is 0.107. The summed E-state index contributed by atoms with van der Waals surface area (Å²) in [5.74, 6) is 0. The number of hydrogen-bond acceptors (Lipinski definition) is 2. The molecule has 4 aromatic carbocycles. The zero-order valence-electron chi connectivity index (χ0n) is 18.7. The Labute approximate surface area is 206 Å². The monoisotopic (exact) mass is 523 g/mol. The second-order valence-corrected chi connectivity index (χ2v) is 13.0. The van der Waals surface area contributed by atoms with Crippen LogP contribution in [0.1, 0.15) is 0 Å². The fourth-order valence-corrected chi connectivity index (χ4v) is 7.16. The number of rotatable bonds is 4. The van der Waals surface area contributed by atoms with Crippen molar-refractivity contribution in [2.45, 2.75) is 13.1 Å². The van der Waals surface area contributed by atoms with Gasteiger partial charge in [-0.05, 0) is 35.5 Å². The third-order valence-electron chi connectivity index (χ3n) is 5.83. The predicted octanol–water partition coefficient (Wildman–Crippen LogP) is 7.01. The van der Waals surface area contributed by atoms with Gasteiger partial charge in [-0.2, -0.15) is 12.1 Å². The summed E-state index contributed by atoms with van der Waals surface area (Å²) in [4.78, 5) is 4.76. The zero-order valence-corrected chi connectivity index (χ0v) is 21.4. The molecule has 0 unspecified atom stereocenters. The normalized spacial score (nSPS) is 13.5. The molecule has 32 heavy (non-hydrogen) atoms. The van der Waals surface area contributed by atoms with Gasteiger partial charge in [-0.25, -0.2) is 0 Å². The van der Waals surface area contributed by atoms with Crippen LogP contribution >= 0.6 is 0 Å². The van der Waals surface area contributed by atoms with Gasteiger partial charge in [0.15, 0.2) is 0 Å². The maximum atomic E-state index is 3.51. The summed E-state index contributed by atoms with van der Waals surface area (Å²) in [7, 11) is -1.49. The SMILES string of the molecule is C[Si]1(C)CN(c2[c-]ccc(N(c3ccccc3)c3ccccc3)c2)c2ccccc21.[CH3-].[Rh+2]. The topological polar surface area (TPSA) is 6.48 Å². The Hall–Kier alpha value is -2.68. The molecular weight excluding hydrogens is 495 g/mol. The van der Waals surface area contributed by atoms with Crippen molar-refractivity contribution in [3.8, 4) is 0 Å². The van der Waals surface area contributed by atoms with Gasteiger partial charge in [-0.15, -0.1) is 12.1 Å². The van der Waals surface area contributed by atoms with Gasteiger partial charge in [0, 0.05) is 23.2 Å². The molecule has 1 radical (unpaired) electrons. The van der Waals surface area contributed by atoms with Crippen LogP contribution in [0.3, 0.4) is 0 Å². The van der Waals surface area contributed by atoms with E-state index in [1.807, 2.05) is 0 Å². The molecule has 1 heterocycles. The van der Waals surface area contributed by atoms with Crippen molar-refractivity contribution in [3.05, 3.63) is 117 Å². The Bertz CT molecular complexity index is 1120. The molecule has 0 saturated heterocycles. The third kappa shape index (κ3) is 4.44. The van der Waals surface area contributed by atoms with Crippen LogP contribution in [-0.2, 0) is 19.5 Å². The van der Waals surface area contributed by atoms with Crippen LogP contribution in [0.25, 0.3) is 0 Å². The largest absolute Gasteiger partial charge is 2.00 e. The van der Waals surface area contributed by atoms with E-state index in [9.17, 15) is 0 Å². The molecule has 0 saturated carbocycles. The maximum absolute atomic E-state index is 3.51. The number of fused-ring (bicyclic) bond motifs is 1. The van der Waals surface area contributed by atoms with Crippen molar-refractivity contribution in [1.29, 1.82) is 0 Å². The van der Waals surface area contributed by atoms with Gasteiger partial charge in [0.2, 0.25) is 0 Å². The predicted molar refractivity (Wildman–Crippen MR) is 137 cm³/mol. The van der Waals surface area contributed by atoms with Gasteiger partial charge in [-0.3, -0.25) is 0 Å². The first-order valence-electron chi connectivity index (χ1n) is 10.4. The van der Waals surface area contributed by atoms with E-state index in [4.69, 9.17) is 0 Å². The Balaban J connectivity index is 0.00000144. The number of hydrogen-bond donors (Lipinski definition) is 0. The molecule has 2 nitrogen and oxygen atoms in total. The van der Waals surface area contributed by atoms with Crippen molar-refractivity contribution in [2.24, 2.45) is 0 Å². The van der Waals surface area contributed by atoms with E-state index in [-0.39, 0.29) is 26.9 Å². The maximum Gasteiger partial charge on any atom is 2.00 e. The summed E-state index contributed by atoms with van der Waals surface area (Å²) in [5, 5.41) is 1.53. The van der Waals surface area contributed by atoms with Crippen LogP contribution in [-0.4, -0.2) is 14.2 Å². The summed E-state index contributed by atoms with van der Waals surface area (Å²) >= 11 is 0. The molecule has 0 spiro atoms. The van der Waals surface area contributed by atoms with E-state index in [2.05, 4.69) is 132 Å². The second-order valence-electron chi connectivity index (χ2n) is 8.43. The molecule has 0 fully saturated rings. The fourth-order valence-electron chi connectivity index (χ4n) is 4.40. The van der Waals surface area contributed by atoms with E-state index < -0.39 is 8.07 Å². The molecule has 1 aliphatic rings. The second kappa shape index (κ2) is 9.85. The van der Waals surface area contributed by atoms with E-state index in [1.165, 1.54) is 10.9 Å². The minimum Gasteiger partial charge on any atom is -0.368 e. The van der Waals surface area contributed by atoms with E-state index >= 15 is 0 Å². The smallest absolute Gasteiger partial charge is 0.368 e. The molecule has 4 heteroatoms. The molecule has 5 rings (SSSR count). The minimum absolute atomic E-state index is 0. The Kier molecular flexibility index (Phi) is 7.38. The average Bonchev–Trinajstić information content (AvgIpc) is 3.07. The average molecular weight is 524 g/mol. The van der Waals surface area contributed by atoms with Gasteiger partial charge >= 0.3 is 19.5 Å². The van der Waals surface area contributed by atoms with Crippen molar-refractivity contribution < 1.29 is 19.5 Å². The van der Waals surface area contributed by atoms with Crippen molar-refractivity contribution in [2.75, 3.05) is 16.0 Å². The molecule has 0 bridgehead atoms. The van der Waals surface area contributed by atoms with Crippen molar-refractivity contribution >= 4 is 41.7 Å². The Morgan fingerprint density at radius 3 is 1.94 bits per heavy atom. The van der Waals surface area contributed by atoms with Gasteiger partial charge in [0.25, 0.3) is 0 Å². The summed E-state index contributed by atoms with van der Waals surface area (Å²) in [5.41, 5.74) is 5.92. The van der Waals surface area contributed by atoms with Crippen molar-refractivity contribution in [1.82, 2.24) is 0 Å². The zero-order chi connectivity index (χ0) is 20.6. The summed E-state index contributed by atoms with van der Waals surface area (Å²) in [6, 6.07) is 40.0. The summed E-state index contributed by atoms with van der Waals surface area (Å²) < 4.78 is 0. The van der Waals surface area contributed by atoms with Crippen LogP contribution in [0.2, 0.25) is 13.1 Å².